The maximum absolute atomic E-state index is 12.0. The quantitative estimate of drug-likeness (QED) is 0.801. The number of esters is 1. The number of carbonyl (C=O) groups excluding carboxylic acids is 2. The van der Waals surface area contributed by atoms with Crippen molar-refractivity contribution in [1.29, 1.82) is 0 Å². The molecule has 0 aliphatic heterocycles. The fraction of sp³-hybridized carbons (Fsp3) is 0.333. The van der Waals surface area contributed by atoms with Crippen molar-refractivity contribution in [2.75, 3.05) is 20.7 Å². The molecule has 0 aliphatic rings. The SMILES string of the molecule is COC(=O)CCN(C)C(=O)c1cc(Cl)cc(Cl)c1. The summed E-state index contributed by atoms with van der Waals surface area (Å²) in [4.78, 5) is 24.4. The van der Waals surface area contributed by atoms with Gasteiger partial charge in [0, 0.05) is 29.2 Å². The van der Waals surface area contributed by atoms with Crippen LogP contribution in [0.5, 0.6) is 0 Å². The van der Waals surface area contributed by atoms with Crippen LogP contribution in [0, 0.1) is 0 Å². The minimum atomic E-state index is -0.362. The topological polar surface area (TPSA) is 46.6 Å². The molecule has 0 aromatic heterocycles. The molecule has 1 aromatic rings. The molecule has 98 valence electrons. The average Bonchev–Trinajstić information content (AvgIpc) is 2.33. The van der Waals surface area contributed by atoms with Crippen molar-refractivity contribution in [2.24, 2.45) is 0 Å². The van der Waals surface area contributed by atoms with Crippen molar-refractivity contribution in [2.45, 2.75) is 6.42 Å². The summed E-state index contributed by atoms with van der Waals surface area (Å²) in [5.41, 5.74) is 0.389. The summed E-state index contributed by atoms with van der Waals surface area (Å²) in [5.74, 6) is -0.609. The van der Waals surface area contributed by atoms with Crippen LogP contribution in [0.4, 0.5) is 0 Å². The first-order valence-corrected chi connectivity index (χ1v) is 5.98. The Hall–Kier alpha value is -1.26. The molecule has 0 atom stereocenters. The molecule has 18 heavy (non-hydrogen) atoms. The van der Waals surface area contributed by atoms with Crippen LogP contribution in [0.1, 0.15) is 16.8 Å². The van der Waals surface area contributed by atoms with Crippen LogP contribution in [0.2, 0.25) is 10.0 Å². The Morgan fingerprint density at radius 2 is 1.78 bits per heavy atom. The van der Waals surface area contributed by atoms with Crippen molar-refractivity contribution in [1.82, 2.24) is 4.90 Å². The second-order valence-electron chi connectivity index (χ2n) is 3.71. The van der Waals surface area contributed by atoms with Gasteiger partial charge in [0.25, 0.3) is 5.91 Å². The van der Waals surface area contributed by atoms with Gasteiger partial charge in [0.1, 0.15) is 0 Å². The van der Waals surface area contributed by atoms with E-state index >= 15 is 0 Å². The molecule has 1 amide bonds. The van der Waals surface area contributed by atoms with Crippen molar-refractivity contribution < 1.29 is 14.3 Å². The molecule has 0 unspecified atom stereocenters. The van der Waals surface area contributed by atoms with E-state index in [-0.39, 0.29) is 24.8 Å². The number of carbonyl (C=O) groups is 2. The van der Waals surface area contributed by atoms with Crippen molar-refractivity contribution in [3.8, 4) is 0 Å². The summed E-state index contributed by atoms with van der Waals surface area (Å²) >= 11 is 11.6. The van der Waals surface area contributed by atoms with E-state index in [4.69, 9.17) is 23.2 Å². The lowest BCUT2D eigenvalue weighted by Crippen LogP contribution is -2.29. The fourth-order valence-corrected chi connectivity index (χ4v) is 1.89. The number of methoxy groups -OCH3 is 1. The highest BCUT2D eigenvalue weighted by Gasteiger charge is 2.14. The number of nitrogens with zero attached hydrogens (tertiary/aromatic N) is 1. The van der Waals surface area contributed by atoms with Gasteiger partial charge in [-0.1, -0.05) is 23.2 Å². The van der Waals surface area contributed by atoms with Crippen LogP contribution < -0.4 is 0 Å². The van der Waals surface area contributed by atoms with Gasteiger partial charge in [-0.3, -0.25) is 9.59 Å². The van der Waals surface area contributed by atoms with Crippen LogP contribution in [0.15, 0.2) is 18.2 Å². The van der Waals surface area contributed by atoms with E-state index in [0.717, 1.165) is 0 Å². The molecule has 0 spiro atoms. The lowest BCUT2D eigenvalue weighted by atomic mass is 10.2. The normalized spacial score (nSPS) is 10.0. The molecule has 1 aromatic carbocycles. The van der Waals surface area contributed by atoms with E-state index in [1.54, 1.807) is 13.1 Å². The molecule has 6 heteroatoms. The number of hydrogen-bond donors (Lipinski definition) is 0. The Kier molecular flexibility index (Phi) is 5.44. The van der Waals surface area contributed by atoms with Gasteiger partial charge in [0.2, 0.25) is 0 Å². The van der Waals surface area contributed by atoms with E-state index in [9.17, 15) is 9.59 Å². The summed E-state index contributed by atoms with van der Waals surface area (Å²) < 4.78 is 4.51. The number of rotatable bonds is 4. The second-order valence-corrected chi connectivity index (χ2v) is 4.58. The van der Waals surface area contributed by atoms with E-state index in [1.807, 2.05) is 0 Å². The summed E-state index contributed by atoms with van der Waals surface area (Å²) in [5, 5.41) is 0.791. The molecule has 0 radical (unpaired) electrons. The van der Waals surface area contributed by atoms with Gasteiger partial charge in [-0.25, -0.2) is 0 Å². The van der Waals surface area contributed by atoms with Crippen LogP contribution >= 0.6 is 23.2 Å². The van der Waals surface area contributed by atoms with Crippen LogP contribution in [0.25, 0.3) is 0 Å². The first-order valence-electron chi connectivity index (χ1n) is 5.22. The van der Waals surface area contributed by atoms with Crippen LogP contribution in [0.3, 0.4) is 0 Å². The molecule has 0 fully saturated rings. The number of amides is 1. The number of halogens is 2. The maximum Gasteiger partial charge on any atom is 0.307 e. The molecule has 0 aliphatic carbocycles. The predicted molar refractivity (Wildman–Crippen MR) is 70.1 cm³/mol. The number of benzene rings is 1. The number of hydrogen-bond acceptors (Lipinski definition) is 3. The zero-order valence-corrected chi connectivity index (χ0v) is 11.6. The minimum Gasteiger partial charge on any atom is -0.469 e. The molecule has 0 saturated heterocycles. The predicted octanol–water partition coefficient (Wildman–Crippen LogP) is 2.63. The average molecular weight is 290 g/mol. The monoisotopic (exact) mass is 289 g/mol. The Bertz CT molecular complexity index is 442. The Morgan fingerprint density at radius 3 is 2.28 bits per heavy atom. The van der Waals surface area contributed by atoms with E-state index in [0.29, 0.717) is 15.6 Å². The lowest BCUT2D eigenvalue weighted by molar-refractivity contribution is -0.140. The van der Waals surface area contributed by atoms with Crippen molar-refractivity contribution >= 4 is 35.1 Å². The zero-order valence-electron chi connectivity index (χ0n) is 10.1. The third-order valence-corrected chi connectivity index (χ3v) is 2.77. The molecule has 4 nitrogen and oxygen atoms in total. The summed E-state index contributed by atoms with van der Waals surface area (Å²) in [6.45, 7) is 0.273. The van der Waals surface area contributed by atoms with E-state index < -0.39 is 0 Å². The van der Waals surface area contributed by atoms with Gasteiger partial charge < -0.3 is 9.64 Å². The van der Waals surface area contributed by atoms with E-state index in [2.05, 4.69) is 4.74 Å². The third kappa shape index (κ3) is 4.20. The largest absolute Gasteiger partial charge is 0.469 e. The highest BCUT2D eigenvalue weighted by molar-refractivity contribution is 6.35. The lowest BCUT2D eigenvalue weighted by Gasteiger charge is -2.16. The van der Waals surface area contributed by atoms with Crippen molar-refractivity contribution in [3.05, 3.63) is 33.8 Å². The first-order chi connectivity index (χ1) is 8.43. The first kappa shape index (κ1) is 14.8. The van der Waals surface area contributed by atoms with Gasteiger partial charge in [-0.2, -0.15) is 0 Å². The maximum atomic E-state index is 12.0. The molecular formula is C12H13Cl2NO3. The Morgan fingerprint density at radius 1 is 1.22 bits per heavy atom. The number of ether oxygens (including phenoxy) is 1. The standard InChI is InChI=1S/C12H13Cl2NO3/c1-15(4-3-11(16)18-2)12(17)8-5-9(13)7-10(14)6-8/h5-7H,3-4H2,1-2H3. The molecule has 0 saturated carbocycles. The Balaban J connectivity index is 2.71. The van der Waals surface area contributed by atoms with Gasteiger partial charge in [-0.05, 0) is 18.2 Å². The molecule has 0 N–H and O–H groups in total. The molecule has 1 rings (SSSR count). The highest BCUT2D eigenvalue weighted by atomic mass is 35.5. The summed E-state index contributed by atoms with van der Waals surface area (Å²) in [6.07, 6.45) is 0.146. The van der Waals surface area contributed by atoms with Gasteiger partial charge in [-0.15, -0.1) is 0 Å². The minimum absolute atomic E-state index is 0.146. The Labute approximate surface area is 115 Å². The van der Waals surface area contributed by atoms with Gasteiger partial charge in [0.15, 0.2) is 0 Å². The highest BCUT2D eigenvalue weighted by Crippen LogP contribution is 2.20. The molecular weight excluding hydrogens is 277 g/mol. The zero-order chi connectivity index (χ0) is 13.7. The fourth-order valence-electron chi connectivity index (χ4n) is 1.36. The molecule has 0 bridgehead atoms. The molecule has 0 heterocycles. The van der Waals surface area contributed by atoms with E-state index in [1.165, 1.54) is 24.1 Å². The smallest absolute Gasteiger partial charge is 0.307 e. The summed E-state index contributed by atoms with van der Waals surface area (Å²) in [6, 6.07) is 4.61. The van der Waals surface area contributed by atoms with Gasteiger partial charge >= 0.3 is 5.97 Å². The van der Waals surface area contributed by atoms with Crippen molar-refractivity contribution in [3.63, 3.8) is 0 Å². The van der Waals surface area contributed by atoms with Crippen LogP contribution in [-0.2, 0) is 9.53 Å². The van der Waals surface area contributed by atoms with Crippen LogP contribution in [-0.4, -0.2) is 37.5 Å². The summed E-state index contributed by atoms with van der Waals surface area (Å²) in [7, 11) is 2.90. The van der Waals surface area contributed by atoms with Gasteiger partial charge in [0.05, 0.1) is 13.5 Å². The second kappa shape index (κ2) is 6.61. The third-order valence-electron chi connectivity index (χ3n) is 2.34.